The second-order valence-corrected chi connectivity index (χ2v) is 6.84. The number of sulfonamides is 1. The summed E-state index contributed by atoms with van der Waals surface area (Å²) in [4.78, 5) is 11.2. The number of carboxylic acids is 1. The van der Waals surface area contributed by atoms with Gasteiger partial charge in [0.2, 0.25) is 10.0 Å². The van der Waals surface area contributed by atoms with Crippen LogP contribution in [0.25, 0.3) is 0 Å². The summed E-state index contributed by atoms with van der Waals surface area (Å²) in [6.07, 6.45) is 0.690. The second-order valence-electron chi connectivity index (χ2n) is 4.87. The van der Waals surface area contributed by atoms with Gasteiger partial charge in [0.05, 0.1) is 4.90 Å². The maximum Gasteiger partial charge on any atom is 0.326 e. The summed E-state index contributed by atoms with van der Waals surface area (Å²) in [7, 11) is -3.75. The lowest BCUT2D eigenvalue weighted by atomic mass is 10.00. The van der Waals surface area contributed by atoms with E-state index in [1.807, 2.05) is 13.8 Å². The number of nitrogens with two attached hydrogens (primary N) is 1. The highest BCUT2D eigenvalue weighted by molar-refractivity contribution is 7.89. The molecule has 7 nitrogen and oxygen atoms in total. The third-order valence-electron chi connectivity index (χ3n) is 3.21. The van der Waals surface area contributed by atoms with Crippen LogP contribution in [-0.4, -0.2) is 30.6 Å². The molecule has 0 heterocycles. The highest BCUT2D eigenvalue weighted by atomic mass is 32.2. The average molecular weight is 345 g/mol. The van der Waals surface area contributed by atoms with Crippen LogP contribution in [0.15, 0.2) is 29.2 Å². The van der Waals surface area contributed by atoms with E-state index in [0.717, 1.165) is 0 Å². The van der Waals surface area contributed by atoms with E-state index < -0.39 is 22.0 Å². The van der Waals surface area contributed by atoms with Gasteiger partial charge in [0.25, 0.3) is 0 Å². The van der Waals surface area contributed by atoms with Gasteiger partial charge in [0, 0.05) is 5.69 Å². The van der Waals surface area contributed by atoms with E-state index in [9.17, 15) is 18.3 Å². The molecule has 0 amide bonds. The normalized spacial score (nSPS) is 14.0. The number of anilines is 1. The fourth-order valence-corrected chi connectivity index (χ4v) is 2.48. The van der Waals surface area contributed by atoms with E-state index in [1.165, 1.54) is 24.3 Å². The van der Waals surface area contributed by atoms with Crippen LogP contribution in [0.2, 0.25) is 0 Å². The van der Waals surface area contributed by atoms with Gasteiger partial charge >= 0.3 is 5.97 Å². The van der Waals surface area contributed by atoms with Crippen LogP contribution in [0.1, 0.15) is 20.3 Å². The Kier molecular flexibility index (Phi) is 6.27. The summed E-state index contributed by atoms with van der Waals surface area (Å²) in [5.74, 6) is -1.08. The lowest BCUT2D eigenvalue weighted by Crippen LogP contribution is -2.46. The highest BCUT2D eigenvalue weighted by Gasteiger charge is 2.24. The summed E-state index contributed by atoms with van der Waals surface area (Å²) >= 11 is 5.08. The molecule has 0 radical (unpaired) electrons. The van der Waals surface area contributed by atoms with Crippen molar-refractivity contribution >= 4 is 39.0 Å². The fraction of sp³-hybridized carbons (Fsp3) is 0.385. The first kappa shape index (κ1) is 18.3. The first-order valence-corrected chi connectivity index (χ1v) is 8.53. The van der Waals surface area contributed by atoms with E-state index in [1.54, 1.807) is 0 Å². The van der Waals surface area contributed by atoms with Crippen LogP contribution in [0.4, 0.5) is 5.69 Å². The average Bonchev–Trinajstić information content (AvgIpc) is 2.43. The van der Waals surface area contributed by atoms with Crippen molar-refractivity contribution in [2.75, 3.05) is 5.32 Å². The third-order valence-corrected chi connectivity index (χ3v) is 4.36. The highest BCUT2D eigenvalue weighted by Crippen LogP contribution is 2.13. The molecule has 0 aromatic heterocycles. The van der Waals surface area contributed by atoms with Crippen molar-refractivity contribution in [3.05, 3.63) is 24.3 Å². The van der Waals surface area contributed by atoms with Gasteiger partial charge in [0.15, 0.2) is 5.11 Å². The van der Waals surface area contributed by atoms with Crippen molar-refractivity contribution in [3.8, 4) is 0 Å². The van der Waals surface area contributed by atoms with Crippen molar-refractivity contribution in [2.45, 2.75) is 31.2 Å². The van der Waals surface area contributed by atoms with Crippen molar-refractivity contribution in [2.24, 2.45) is 11.1 Å². The number of hydrogen-bond donors (Lipinski definition) is 4. The van der Waals surface area contributed by atoms with E-state index in [4.69, 9.17) is 17.4 Å². The largest absolute Gasteiger partial charge is 0.480 e. The molecule has 0 bridgehead atoms. The Morgan fingerprint density at radius 1 is 1.36 bits per heavy atom. The van der Waals surface area contributed by atoms with Crippen LogP contribution < -0.4 is 15.8 Å². The van der Waals surface area contributed by atoms with Crippen LogP contribution in [0.3, 0.4) is 0 Å². The third kappa shape index (κ3) is 5.24. The predicted octanol–water partition coefficient (Wildman–Crippen LogP) is 1.12. The summed E-state index contributed by atoms with van der Waals surface area (Å²) < 4.78 is 22.3. The Labute approximate surface area is 135 Å². The van der Waals surface area contributed by atoms with Gasteiger partial charge in [-0.25, -0.2) is 18.4 Å². The zero-order valence-electron chi connectivity index (χ0n) is 12.2. The Hall–Kier alpha value is -1.71. The number of carbonyl (C=O) groups is 1. The maximum absolute atomic E-state index is 11.2. The maximum atomic E-state index is 11.2. The Bertz CT molecular complexity index is 644. The molecule has 0 aliphatic carbocycles. The molecule has 22 heavy (non-hydrogen) atoms. The smallest absolute Gasteiger partial charge is 0.326 e. The molecule has 1 aromatic carbocycles. The van der Waals surface area contributed by atoms with Crippen molar-refractivity contribution in [1.82, 2.24) is 5.32 Å². The predicted molar refractivity (Wildman–Crippen MR) is 88.1 cm³/mol. The summed E-state index contributed by atoms with van der Waals surface area (Å²) in [5.41, 5.74) is 0.526. The van der Waals surface area contributed by atoms with Crippen LogP contribution in [-0.2, 0) is 14.8 Å². The first-order valence-electron chi connectivity index (χ1n) is 6.58. The molecular weight excluding hydrogens is 326 g/mol. The minimum absolute atomic E-state index is 0.0139. The molecule has 9 heteroatoms. The van der Waals surface area contributed by atoms with E-state index in [0.29, 0.717) is 12.1 Å². The minimum atomic E-state index is -3.75. The number of carboxylic acid groups (broad SMARTS) is 1. The zero-order valence-corrected chi connectivity index (χ0v) is 13.9. The number of nitrogens with one attached hydrogen (secondary N) is 2. The van der Waals surface area contributed by atoms with Crippen molar-refractivity contribution in [1.29, 1.82) is 0 Å². The van der Waals surface area contributed by atoms with Gasteiger partial charge in [-0.2, -0.15) is 0 Å². The quantitative estimate of drug-likeness (QED) is 0.570. The molecule has 0 fully saturated rings. The van der Waals surface area contributed by atoms with Gasteiger partial charge in [-0.3, -0.25) is 0 Å². The molecule has 5 N–H and O–H groups in total. The first-order chi connectivity index (χ1) is 10.1. The lowest BCUT2D eigenvalue weighted by Gasteiger charge is -2.22. The molecule has 1 unspecified atom stereocenters. The summed E-state index contributed by atoms with van der Waals surface area (Å²) in [5, 5.41) is 19.9. The minimum Gasteiger partial charge on any atom is -0.480 e. The number of aliphatic carboxylic acids is 1. The van der Waals surface area contributed by atoms with E-state index in [-0.39, 0.29) is 15.9 Å². The van der Waals surface area contributed by atoms with Crippen LogP contribution >= 0.6 is 12.2 Å². The monoisotopic (exact) mass is 345 g/mol. The molecule has 1 rings (SSSR count). The van der Waals surface area contributed by atoms with Gasteiger partial charge in [-0.05, 0) is 42.4 Å². The Morgan fingerprint density at radius 2 is 1.91 bits per heavy atom. The number of benzene rings is 1. The SMILES string of the molecule is CCC(C)[C@@H](NC(=S)Nc1ccc(S(N)(=O)=O)cc1)C(=O)O. The molecule has 0 saturated carbocycles. The van der Waals surface area contributed by atoms with E-state index >= 15 is 0 Å². The molecule has 0 saturated heterocycles. The summed E-state index contributed by atoms with van der Waals surface area (Å²) in [6.45, 7) is 3.71. The van der Waals surface area contributed by atoms with Gasteiger partial charge < -0.3 is 15.7 Å². The molecule has 0 aliphatic heterocycles. The molecule has 0 aliphatic rings. The molecule has 1 aromatic rings. The Balaban J connectivity index is 2.74. The lowest BCUT2D eigenvalue weighted by molar-refractivity contribution is -0.140. The molecule has 122 valence electrons. The standard InChI is InChI=1S/C13H19N3O4S2/c1-3-8(2)11(12(17)18)16-13(21)15-9-4-6-10(7-5-9)22(14,19)20/h4-8,11H,3H2,1-2H3,(H,17,18)(H2,14,19,20)(H2,15,16,21)/t8?,11-/m1/s1. The topological polar surface area (TPSA) is 122 Å². The van der Waals surface area contributed by atoms with Gasteiger partial charge in [-0.1, -0.05) is 20.3 Å². The van der Waals surface area contributed by atoms with Crippen LogP contribution in [0.5, 0.6) is 0 Å². The number of rotatable bonds is 6. The van der Waals surface area contributed by atoms with Gasteiger partial charge in [0.1, 0.15) is 6.04 Å². The molecule has 2 atom stereocenters. The van der Waals surface area contributed by atoms with Crippen molar-refractivity contribution in [3.63, 3.8) is 0 Å². The Morgan fingerprint density at radius 3 is 2.32 bits per heavy atom. The van der Waals surface area contributed by atoms with Crippen molar-refractivity contribution < 1.29 is 18.3 Å². The number of thiocarbonyl (C=S) groups is 1. The number of hydrogen-bond acceptors (Lipinski definition) is 4. The zero-order chi connectivity index (χ0) is 16.9. The second kappa shape index (κ2) is 7.52. The number of primary sulfonamides is 1. The van der Waals surface area contributed by atoms with Gasteiger partial charge in [-0.15, -0.1) is 0 Å². The molecule has 0 spiro atoms. The fourth-order valence-electron chi connectivity index (χ4n) is 1.72. The summed E-state index contributed by atoms with van der Waals surface area (Å²) in [6, 6.07) is 4.86. The van der Waals surface area contributed by atoms with E-state index in [2.05, 4.69) is 10.6 Å². The molecular formula is C13H19N3O4S2. The van der Waals surface area contributed by atoms with Crippen LogP contribution in [0, 0.1) is 5.92 Å².